The molecule has 0 aliphatic rings. The summed E-state index contributed by atoms with van der Waals surface area (Å²) in [6.45, 7) is 6.09. The van der Waals surface area contributed by atoms with E-state index >= 15 is 0 Å². The normalized spacial score (nSPS) is 10.5. The third kappa shape index (κ3) is 2.51. The van der Waals surface area contributed by atoms with Crippen LogP contribution in [0, 0.1) is 0 Å². The minimum atomic E-state index is -0.140. The van der Waals surface area contributed by atoms with Crippen molar-refractivity contribution in [2.75, 3.05) is 6.54 Å². The van der Waals surface area contributed by atoms with Crippen molar-refractivity contribution in [2.24, 2.45) is 0 Å². The standard InChI is InChI=1S/C13H12ClNOS/c1-8(2)7-15-13(16)12-11(14)9-5-3-4-6-10(9)17-12/h3-6H,1,7H2,2H3,(H,15,16). The van der Waals surface area contributed by atoms with Gasteiger partial charge in [-0.3, -0.25) is 4.79 Å². The Kier molecular flexibility index (Phi) is 3.50. The minimum Gasteiger partial charge on any atom is -0.348 e. The molecule has 4 heteroatoms. The van der Waals surface area contributed by atoms with Gasteiger partial charge in [-0.25, -0.2) is 0 Å². The minimum absolute atomic E-state index is 0.140. The van der Waals surface area contributed by atoms with Crippen molar-refractivity contribution in [2.45, 2.75) is 6.92 Å². The number of fused-ring (bicyclic) bond motifs is 1. The highest BCUT2D eigenvalue weighted by molar-refractivity contribution is 7.21. The van der Waals surface area contributed by atoms with Crippen molar-refractivity contribution >= 4 is 38.9 Å². The fourth-order valence-electron chi connectivity index (χ4n) is 1.47. The molecule has 0 bridgehead atoms. The maximum atomic E-state index is 11.9. The largest absolute Gasteiger partial charge is 0.348 e. The molecule has 0 radical (unpaired) electrons. The van der Waals surface area contributed by atoms with Gasteiger partial charge in [0, 0.05) is 16.6 Å². The molecule has 1 amide bonds. The maximum absolute atomic E-state index is 11.9. The Balaban J connectivity index is 2.32. The van der Waals surface area contributed by atoms with Gasteiger partial charge in [0.1, 0.15) is 4.88 Å². The Morgan fingerprint density at radius 1 is 1.47 bits per heavy atom. The second kappa shape index (κ2) is 4.90. The third-order valence-electron chi connectivity index (χ3n) is 2.29. The van der Waals surface area contributed by atoms with Gasteiger partial charge in [-0.1, -0.05) is 42.0 Å². The lowest BCUT2D eigenvalue weighted by Gasteiger charge is -2.02. The molecule has 17 heavy (non-hydrogen) atoms. The Bertz CT molecular complexity index is 588. The summed E-state index contributed by atoms with van der Waals surface area (Å²) in [5.74, 6) is -0.140. The Hall–Kier alpha value is -1.32. The van der Waals surface area contributed by atoms with Crippen molar-refractivity contribution in [3.8, 4) is 0 Å². The van der Waals surface area contributed by atoms with Crippen LogP contribution in [-0.4, -0.2) is 12.5 Å². The summed E-state index contributed by atoms with van der Waals surface area (Å²) in [4.78, 5) is 12.5. The van der Waals surface area contributed by atoms with Crippen LogP contribution in [0.3, 0.4) is 0 Å². The van der Waals surface area contributed by atoms with Crippen LogP contribution in [-0.2, 0) is 0 Å². The van der Waals surface area contributed by atoms with Gasteiger partial charge in [0.05, 0.1) is 5.02 Å². The van der Waals surface area contributed by atoms with Crippen molar-refractivity contribution in [3.05, 3.63) is 46.3 Å². The average Bonchev–Trinajstić information content (AvgIpc) is 2.64. The van der Waals surface area contributed by atoms with Gasteiger partial charge in [0.2, 0.25) is 0 Å². The molecule has 0 aliphatic heterocycles. The molecule has 2 nitrogen and oxygen atoms in total. The van der Waals surface area contributed by atoms with E-state index in [1.807, 2.05) is 31.2 Å². The molecule has 1 aromatic carbocycles. The first-order valence-electron chi connectivity index (χ1n) is 5.19. The zero-order chi connectivity index (χ0) is 12.4. The van der Waals surface area contributed by atoms with Gasteiger partial charge in [-0.05, 0) is 13.0 Å². The van der Waals surface area contributed by atoms with Crippen molar-refractivity contribution in [1.29, 1.82) is 0 Å². The molecular weight excluding hydrogens is 254 g/mol. The van der Waals surface area contributed by atoms with Crippen LogP contribution in [0.5, 0.6) is 0 Å². The summed E-state index contributed by atoms with van der Waals surface area (Å²) in [6.07, 6.45) is 0. The van der Waals surface area contributed by atoms with Gasteiger partial charge in [-0.15, -0.1) is 11.3 Å². The second-order valence-electron chi connectivity index (χ2n) is 3.88. The first kappa shape index (κ1) is 12.1. The molecule has 0 saturated carbocycles. The molecule has 0 saturated heterocycles. The molecule has 2 aromatic rings. The number of amides is 1. The quantitative estimate of drug-likeness (QED) is 0.839. The summed E-state index contributed by atoms with van der Waals surface area (Å²) >= 11 is 7.60. The molecule has 2 rings (SSSR count). The number of carbonyl (C=O) groups is 1. The molecule has 0 aliphatic carbocycles. The average molecular weight is 266 g/mol. The number of halogens is 1. The predicted molar refractivity (Wildman–Crippen MR) is 74.0 cm³/mol. The zero-order valence-electron chi connectivity index (χ0n) is 9.42. The topological polar surface area (TPSA) is 29.1 Å². The van der Waals surface area contributed by atoms with Crippen molar-refractivity contribution in [3.63, 3.8) is 0 Å². The van der Waals surface area contributed by atoms with Gasteiger partial charge >= 0.3 is 0 Å². The van der Waals surface area contributed by atoms with Crippen LogP contribution in [0.4, 0.5) is 0 Å². The van der Waals surface area contributed by atoms with E-state index in [1.54, 1.807) is 0 Å². The molecule has 0 unspecified atom stereocenters. The molecule has 0 spiro atoms. The van der Waals surface area contributed by atoms with Crippen molar-refractivity contribution in [1.82, 2.24) is 5.32 Å². The number of thiophene rings is 1. The molecular formula is C13H12ClNOS. The summed E-state index contributed by atoms with van der Waals surface area (Å²) in [7, 11) is 0. The van der Waals surface area contributed by atoms with Crippen LogP contribution >= 0.6 is 22.9 Å². The lowest BCUT2D eigenvalue weighted by Crippen LogP contribution is -2.24. The Morgan fingerprint density at radius 3 is 2.82 bits per heavy atom. The Labute approximate surface area is 109 Å². The number of hydrogen-bond acceptors (Lipinski definition) is 2. The van der Waals surface area contributed by atoms with E-state index in [2.05, 4.69) is 11.9 Å². The van der Waals surface area contributed by atoms with Crippen LogP contribution in [0.2, 0.25) is 5.02 Å². The first-order chi connectivity index (χ1) is 8.09. The highest BCUT2D eigenvalue weighted by Gasteiger charge is 2.16. The highest BCUT2D eigenvalue weighted by atomic mass is 35.5. The van der Waals surface area contributed by atoms with Crippen LogP contribution in [0.25, 0.3) is 10.1 Å². The van der Waals surface area contributed by atoms with Gasteiger partial charge < -0.3 is 5.32 Å². The zero-order valence-corrected chi connectivity index (χ0v) is 11.0. The van der Waals surface area contributed by atoms with E-state index in [-0.39, 0.29) is 5.91 Å². The summed E-state index contributed by atoms with van der Waals surface area (Å²) in [6, 6.07) is 7.73. The summed E-state index contributed by atoms with van der Waals surface area (Å²) in [5, 5.41) is 4.25. The van der Waals surface area contributed by atoms with Gasteiger partial charge in [0.25, 0.3) is 5.91 Å². The first-order valence-corrected chi connectivity index (χ1v) is 6.38. The third-order valence-corrected chi connectivity index (χ3v) is 3.97. The molecule has 0 atom stereocenters. The van der Waals surface area contributed by atoms with Crippen LogP contribution in [0.15, 0.2) is 36.4 Å². The lowest BCUT2D eigenvalue weighted by molar-refractivity contribution is 0.0961. The fourth-order valence-corrected chi connectivity index (χ4v) is 2.90. The maximum Gasteiger partial charge on any atom is 0.263 e. The number of benzene rings is 1. The predicted octanol–water partition coefficient (Wildman–Crippen LogP) is 3.86. The lowest BCUT2D eigenvalue weighted by atomic mass is 10.2. The van der Waals surface area contributed by atoms with E-state index in [9.17, 15) is 4.79 Å². The van der Waals surface area contributed by atoms with Gasteiger partial charge in [-0.2, -0.15) is 0 Å². The molecule has 1 aromatic heterocycles. The SMILES string of the molecule is C=C(C)CNC(=O)c1sc2ccccc2c1Cl. The molecule has 88 valence electrons. The van der Waals surface area contributed by atoms with Crippen LogP contribution < -0.4 is 5.32 Å². The molecule has 1 heterocycles. The highest BCUT2D eigenvalue weighted by Crippen LogP contribution is 2.34. The molecule has 0 fully saturated rings. The fraction of sp³-hybridized carbons (Fsp3) is 0.154. The van der Waals surface area contributed by atoms with Crippen molar-refractivity contribution < 1.29 is 4.79 Å². The number of rotatable bonds is 3. The smallest absolute Gasteiger partial charge is 0.263 e. The van der Waals surface area contributed by atoms with Crippen LogP contribution in [0.1, 0.15) is 16.6 Å². The van der Waals surface area contributed by atoms with E-state index < -0.39 is 0 Å². The van der Waals surface area contributed by atoms with E-state index in [0.717, 1.165) is 15.7 Å². The Morgan fingerprint density at radius 2 is 2.18 bits per heavy atom. The summed E-state index contributed by atoms with van der Waals surface area (Å²) in [5.41, 5.74) is 0.913. The second-order valence-corrected chi connectivity index (χ2v) is 5.31. The van der Waals surface area contributed by atoms with E-state index in [1.165, 1.54) is 11.3 Å². The van der Waals surface area contributed by atoms with E-state index in [0.29, 0.717) is 16.4 Å². The number of nitrogens with one attached hydrogen (secondary N) is 1. The summed E-state index contributed by atoms with van der Waals surface area (Å²) < 4.78 is 1.03. The van der Waals surface area contributed by atoms with Gasteiger partial charge in [0.15, 0.2) is 0 Å². The number of carbonyl (C=O) groups excluding carboxylic acids is 1. The molecule has 1 N–H and O–H groups in total. The number of hydrogen-bond donors (Lipinski definition) is 1. The van der Waals surface area contributed by atoms with E-state index in [4.69, 9.17) is 11.6 Å². The monoisotopic (exact) mass is 265 g/mol.